The van der Waals surface area contributed by atoms with E-state index in [-0.39, 0.29) is 11.6 Å². The van der Waals surface area contributed by atoms with Crippen LogP contribution in [0.4, 0.5) is 4.39 Å². The van der Waals surface area contributed by atoms with Crippen LogP contribution in [0.2, 0.25) is 0 Å². The highest BCUT2D eigenvalue weighted by atomic mass is 79.9. The maximum Gasteiger partial charge on any atom is 0.147 e. The fourth-order valence-electron chi connectivity index (χ4n) is 1.35. The van der Waals surface area contributed by atoms with E-state index >= 15 is 0 Å². The number of benzene rings is 1. The zero-order valence-electron chi connectivity index (χ0n) is 10.0. The fraction of sp³-hybridized carbons (Fsp3) is 0.462. The predicted octanol–water partition coefficient (Wildman–Crippen LogP) is 4.09. The van der Waals surface area contributed by atoms with Gasteiger partial charge in [0.1, 0.15) is 11.6 Å². The Labute approximate surface area is 114 Å². The van der Waals surface area contributed by atoms with Gasteiger partial charge in [-0.05, 0) is 35.4 Å². The summed E-state index contributed by atoms with van der Waals surface area (Å²) in [7, 11) is 0. The first-order valence-electron chi connectivity index (χ1n) is 5.52. The van der Waals surface area contributed by atoms with Crippen LogP contribution < -0.4 is 0 Å². The van der Waals surface area contributed by atoms with Crippen LogP contribution in [0.25, 0.3) is 0 Å². The number of ketones is 1. The molecule has 0 N–H and O–H groups in total. The summed E-state index contributed by atoms with van der Waals surface area (Å²) in [6.07, 6.45) is 0.295. The van der Waals surface area contributed by atoms with Crippen LogP contribution in [0.15, 0.2) is 22.7 Å². The summed E-state index contributed by atoms with van der Waals surface area (Å²) >= 11 is 4.96. The molecule has 4 heteroatoms. The number of carbonyl (C=O) groups is 1. The topological polar surface area (TPSA) is 17.1 Å². The molecular formula is C13H16BrFOS. The predicted molar refractivity (Wildman–Crippen MR) is 75.0 cm³/mol. The number of hydrogen-bond donors (Lipinski definition) is 0. The first-order valence-corrected chi connectivity index (χ1v) is 7.47. The highest BCUT2D eigenvalue weighted by molar-refractivity contribution is 9.10. The van der Waals surface area contributed by atoms with Gasteiger partial charge in [0.25, 0.3) is 0 Å². The lowest BCUT2D eigenvalue weighted by Crippen LogP contribution is -2.08. The molecule has 1 aromatic rings. The van der Waals surface area contributed by atoms with Crippen molar-refractivity contribution in [3.8, 4) is 0 Å². The van der Waals surface area contributed by atoms with Crippen molar-refractivity contribution in [2.75, 3.05) is 11.5 Å². The lowest BCUT2D eigenvalue weighted by molar-refractivity contribution is -0.116. The summed E-state index contributed by atoms with van der Waals surface area (Å²) in [6.45, 7) is 4.25. The van der Waals surface area contributed by atoms with E-state index in [2.05, 4.69) is 29.8 Å². The lowest BCUT2D eigenvalue weighted by Gasteiger charge is -2.06. The molecule has 0 saturated carbocycles. The second-order valence-corrected chi connectivity index (χ2v) is 6.24. The number of halogens is 2. The minimum atomic E-state index is -0.300. The van der Waals surface area contributed by atoms with Crippen LogP contribution in [-0.2, 0) is 11.2 Å². The van der Waals surface area contributed by atoms with Crippen LogP contribution >= 0.6 is 27.7 Å². The molecule has 1 nitrogen and oxygen atoms in total. The van der Waals surface area contributed by atoms with E-state index in [1.807, 2.05) is 0 Å². The summed E-state index contributed by atoms with van der Waals surface area (Å²) in [5.74, 6) is 1.92. The Kier molecular flexibility index (Phi) is 6.20. The molecule has 94 valence electrons. The molecule has 0 aliphatic rings. The molecule has 0 bridgehead atoms. The molecule has 0 aliphatic heterocycles. The van der Waals surface area contributed by atoms with Gasteiger partial charge in [0.05, 0.1) is 5.75 Å². The van der Waals surface area contributed by atoms with Crippen molar-refractivity contribution in [3.05, 3.63) is 34.1 Å². The van der Waals surface area contributed by atoms with Crippen LogP contribution in [0.5, 0.6) is 0 Å². The molecule has 0 amide bonds. The summed E-state index contributed by atoms with van der Waals surface area (Å²) < 4.78 is 13.8. The van der Waals surface area contributed by atoms with E-state index in [4.69, 9.17) is 0 Å². The molecule has 1 aromatic carbocycles. The molecule has 0 aliphatic carbocycles. The zero-order valence-corrected chi connectivity index (χ0v) is 12.4. The summed E-state index contributed by atoms with van der Waals surface area (Å²) in [4.78, 5) is 11.7. The van der Waals surface area contributed by atoms with Crippen molar-refractivity contribution in [2.24, 2.45) is 5.92 Å². The van der Waals surface area contributed by atoms with Crippen LogP contribution in [0, 0.1) is 11.7 Å². The summed E-state index contributed by atoms with van der Waals surface area (Å²) in [5, 5.41) is 0. The first kappa shape index (κ1) is 14.7. The largest absolute Gasteiger partial charge is 0.298 e. The van der Waals surface area contributed by atoms with Gasteiger partial charge in [-0.25, -0.2) is 4.39 Å². The monoisotopic (exact) mass is 318 g/mol. The average Bonchev–Trinajstić information content (AvgIpc) is 2.23. The van der Waals surface area contributed by atoms with Crippen LogP contribution in [0.3, 0.4) is 0 Å². The van der Waals surface area contributed by atoms with Crippen LogP contribution in [-0.4, -0.2) is 17.3 Å². The Morgan fingerprint density at radius 1 is 1.47 bits per heavy atom. The van der Waals surface area contributed by atoms with Gasteiger partial charge in [-0.1, -0.05) is 29.8 Å². The van der Waals surface area contributed by atoms with Gasteiger partial charge in [0.2, 0.25) is 0 Å². The van der Waals surface area contributed by atoms with E-state index in [0.717, 1.165) is 15.8 Å². The van der Waals surface area contributed by atoms with E-state index in [1.54, 1.807) is 17.8 Å². The Morgan fingerprint density at radius 3 is 2.82 bits per heavy atom. The Hall–Kier alpha value is -0.350. The van der Waals surface area contributed by atoms with Gasteiger partial charge >= 0.3 is 0 Å². The number of carbonyl (C=O) groups excluding carboxylic acids is 1. The van der Waals surface area contributed by atoms with Crippen LogP contribution in [0.1, 0.15) is 19.4 Å². The third-order valence-corrected chi connectivity index (χ3v) is 4.31. The molecule has 1 rings (SSSR count). The standard InChI is InChI=1S/C13H16BrFOS/c1-9(2)7-17-8-12(16)6-10-5-11(15)3-4-13(10)14/h3-5,9H,6-8H2,1-2H3. The SMILES string of the molecule is CC(C)CSCC(=O)Cc1cc(F)ccc1Br. The molecule has 0 saturated heterocycles. The van der Waals surface area contributed by atoms with Crippen molar-refractivity contribution in [1.82, 2.24) is 0 Å². The van der Waals surface area contributed by atoms with Gasteiger partial charge in [-0.15, -0.1) is 0 Å². The Balaban J connectivity index is 2.47. The van der Waals surface area contributed by atoms with Crippen molar-refractivity contribution in [3.63, 3.8) is 0 Å². The molecule has 0 aromatic heterocycles. The lowest BCUT2D eigenvalue weighted by atomic mass is 10.1. The molecule has 0 fully saturated rings. The quantitative estimate of drug-likeness (QED) is 0.785. The van der Waals surface area contributed by atoms with Gasteiger partial charge < -0.3 is 0 Å². The number of Topliss-reactive ketones (excluding diaryl/α,β-unsaturated/α-hetero) is 1. The normalized spacial score (nSPS) is 10.9. The fourth-order valence-corrected chi connectivity index (χ4v) is 2.66. The number of thioether (sulfide) groups is 1. The highest BCUT2D eigenvalue weighted by Crippen LogP contribution is 2.19. The molecule has 0 radical (unpaired) electrons. The summed E-state index contributed by atoms with van der Waals surface area (Å²) in [5.41, 5.74) is 0.722. The number of rotatable bonds is 6. The Bertz CT molecular complexity index is 393. The zero-order chi connectivity index (χ0) is 12.8. The maximum absolute atomic E-state index is 13.0. The van der Waals surface area contributed by atoms with E-state index in [0.29, 0.717) is 18.1 Å². The number of hydrogen-bond acceptors (Lipinski definition) is 2. The smallest absolute Gasteiger partial charge is 0.147 e. The Morgan fingerprint density at radius 2 is 2.18 bits per heavy atom. The van der Waals surface area contributed by atoms with Crippen molar-refractivity contribution in [2.45, 2.75) is 20.3 Å². The maximum atomic E-state index is 13.0. The van der Waals surface area contributed by atoms with Crippen molar-refractivity contribution < 1.29 is 9.18 Å². The van der Waals surface area contributed by atoms with Gasteiger partial charge in [-0.2, -0.15) is 11.8 Å². The summed E-state index contributed by atoms with van der Waals surface area (Å²) in [6, 6.07) is 4.43. The minimum Gasteiger partial charge on any atom is -0.298 e. The molecule has 0 heterocycles. The average molecular weight is 319 g/mol. The third kappa shape index (κ3) is 5.68. The van der Waals surface area contributed by atoms with Crippen molar-refractivity contribution in [1.29, 1.82) is 0 Å². The molecule has 0 spiro atoms. The van der Waals surface area contributed by atoms with E-state index in [1.165, 1.54) is 12.1 Å². The van der Waals surface area contributed by atoms with E-state index in [9.17, 15) is 9.18 Å². The second kappa shape index (κ2) is 7.17. The third-order valence-electron chi connectivity index (χ3n) is 2.11. The van der Waals surface area contributed by atoms with Gasteiger partial charge in [0, 0.05) is 10.9 Å². The van der Waals surface area contributed by atoms with Gasteiger partial charge in [-0.3, -0.25) is 4.79 Å². The molecule has 0 atom stereocenters. The van der Waals surface area contributed by atoms with Gasteiger partial charge in [0.15, 0.2) is 0 Å². The minimum absolute atomic E-state index is 0.141. The second-order valence-electron chi connectivity index (χ2n) is 4.36. The molecular weight excluding hydrogens is 303 g/mol. The first-order chi connectivity index (χ1) is 7.99. The van der Waals surface area contributed by atoms with Crippen molar-refractivity contribution >= 4 is 33.5 Å². The highest BCUT2D eigenvalue weighted by Gasteiger charge is 2.08. The molecule has 17 heavy (non-hydrogen) atoms. The van der Waals surface area contributed by atoms with E-state index < -0.39 is 0 Å². The molecule has 0 unspecified atom stereocenters.